The highest BCUT2D eigenvalue weighted by atomic mass is 32.1. The maximum atomic E-state index is 12.5. The van der Waals surface area contributed by atoms with Crippen LogP contribution in [0.25, 0.3) is 0 Å². The van der Waals surface area contributed by atoms with Gasteiger partial charge >= 0.3 is 11.7 Å². The lowest BCUT2D eigenvalue weighted by molar-refractivity contribution is -0.118. The van der Waals surface area contributed by atoms with E-state index in [-0.39, 0.29) is 31.2 Å². The Morgan fingerprint density at radius 2 is 2.12 bits per heavy atom. The summed E-state index contributed by atoms with van der Waals surface area (Å²) >= 11 is 1.59. The van der Waals surface area contributed by atoms with Gasteiger partial charge in [0.15, 0.2) is 0 Å². The summed E-state index contributed by atoms with van der Waals surface area (Å²) in [4.78, 5) is 53.9. The van der Waals surface area contributed by atoms with Gasteiger partial charge < -0.3 is 20.7 Å². The molecule has 0 bridgehead atoms. The van der Waals surface area contributed by atoms with Crippen LogP contribution >= 0.6 is 11.3 Å². The van der Waals surface area contributed by atoms with E-state index < -0.39 is 23.2 Å². The molecule has 2 rings (SSSR count). The number of nitrogens with zero attached hydrogens (tertiary/aromatic N) is 2. The van der Waals surface area contributed by atoms with E-state index in [1.54, 1.807) is 11.3 Å². The average Bonchev–Trinajstić information content (AvgIpc) is 3.25. The molecule has 32 heavy (non-hydrogen) atoms. The highest BCUT2D eigenvalue weighted by Crippen LogP contribution is 2.16. The number of rotatable bonds is 12. The van der Waals surface area contributed by atoms with Gasteiger partial charge in [-0.2, -0.15) is 0 Å². The predicted octanol–water partition coefficient (Wildman–Crippen LogP) is 0.502. The van der Waals surface area contributed by atoms with Crippen molar-refractivity contribution in [3.05, 3.63) is 43.2 Å². The third kappa shape index (κ3) is 7.24. The Balaban J connectivity index is 2.09. The standard InChI is InChI=1S/C20H30N6O5S/c1-3-4-9-26-17(21)16(18(28)24-20(26)30)25(10-11-31-2)13-15(27)23-19(29)22-8-7-14-6-5-12-32-14/h5-6,12H,3-4,7-11,13,21H2,1-2H3,(H,24,28,30)(H2,22,23,27,29). The largest absolute Gasteiger partial charge is 0.383 e. The molecule has 0 fully saturated rings. The van der Waals surface area contributed by atoms with Gasteiger partial charge in [0, 0.05) is 31.6 Å². The van der Waals surface area contributed by atoms with Crippen molar-refractivity contribution in [1.82, 2.24) is 20.2 Å². The van der Waals surface area contributed by atoms with Crippen LogP contribution in [0.4, 0.5) is 16.3 Å². The minimum Gasteiger partial charge on any atom is -0.383 e. The number of aromatic amines is 1. The molecule has 12 heteroatoms. The summed E-state index contributed by atoms with van der Waals surface area (Å²) in [6.45, 7) is 2.72. The number of hydrogen-bond donors (Lipinski definition) is 4. The number of nitrogens with one attached hydrogen (secondary N) is 3. The molecule has 0 saturated carbocycles. The van der Waals surface area contributed by atoms with Crippen LogP contribution < -0.4 is 32.5 Å². The zero-order valence-corrected chi connectivity index (χ0v) is 19.1. The van der Waals surface area contributed by atoms with Crippen LogP contribution in [0.2, 0.25) is 0 Å². The monoisotopic (exact) mass is 466 g/mol. The van der Waals surface area contributed by atoms with Crippen LogP contribution in [0.3, 0.4) is 0 Å². The van der Waals surface area contributed by atoms with Crippen molar-refractivity contribution < 1.29 is 14.3 Å². The summed E-state index contributed by atoms with van der Waals surface area (Å²) in [5.74, 6) is -0.656. The van der Waals surface area contributed by atoms with Crippen LogP contribution in [0.15, 0.2) is 27.1 Å². The summed E-state index contributed by atoms with van der Waals surface area (Å²) < 4.78 is 6.34. The predicted molar refractivity (Wildman–Crippen MR) is 124 cm³/mol. The number of H-pyrrole nitrogens is 1. The zero-order valence-electron chi connectivity index (χ0n) is 18.3. The fourth-order valence-electron chi connectivity index (χ4n) is 3.03. The van der Waals surface area contributed by atoms with Gasteiger partial charge in [-0.25, -0.2) is 9.59 Å². The summed E-state index contributed by atoms with van der Waals surface area (Å²) in [5, 5.41) is 6.82. The smallest absolute Gasteiger partial charge is 0.330 e. The number of unbranched alkanes of at least 4 members (excludes halogenated alkanes) is 1. The van der Waals surface area contributed by atoms with E-state index in [0.717, 1.165) is 11.3 Å². The number of imide groups is 1. The Morgan fingerprint density at radius 3 is 2.78 bits per heavy atom. The minimum absolute atomic E-state index is 0.00833. The molecule has 5 N–H and O–H groups in total. The van der Waals surface area contributed by atoms with E-state index in [4.69, 9.17) is 10.5 Å². The Bertz CT molecular complexity index is 1000. The Morgan fingerprint density at radius 1 is 1.34 bits per heavy atom. The topological polar surface area (TPSA) is 152 Å². The van der Waals surface area contributed by atoms with E-state index in [0.29, 0.717) is 25.9 Å². The Hall–Kier alpha value is -3.12. The number of ether oxygens (including phenoxy) is 1. The van der Waals surface area contributed by atoms with Gasteiger partial charge in [-0.3, -0.25) is 24.5 Å². The minimum atomic E-state index is -0.704. The molecule has 0 spiro atoms. The molecular weight excluding hydrogens is 436 g/mol. The number of methoxy groups -OCH3 is 1. The molecule has 0 aromatic carbocycles. The lowest BCUT2D eigenvalue weighted by atomic mass is 10.3. The quantitative estimate of drug-likeness (QED) is 0.355. The molecule has 0 unspecified atom stereocenters. The van der Waals surface area contributed by atoms with Crippen LogP contribution in [0.5, 0.6) is 0 Å². The molecular formula is C20H30N6O5S. The van der Waals surface area contributed by atoms with Crippen molar-refractivity contribution in [3.8, 4) is 0 Å². The molecule has 2 aromatic heterocycles. The SMILES string of the molecule is CCCCn1c(N)c(N(CCOC)CC(=O)NC(=O)NCCc2cccs2)c(=O)[nH]c1=O. The maximum Gasteiger partial charge on any atom is 0.330 e. The van der Waals surface area contributed by atoms with Gasteiger partial charge in [-0.15, -0.1) is 11.3 Å². The number of urea groups is 1. The lowest BCUT2D eigenvalue weighted by Crippen LogP contribution is -2.47. The average molecular weight is 467 g/mol. The molecule has 0 aliphatic heterocycles. The van der Waals surface area contributed by atoms with Crippen molar-refractivity contribution in [2.24, 2.45) is 0 Å². The van der Waals surface area contributed by atoms with Crippen LogP contribution in [0, 0.1) is 0 Å². The number of aromatic nitrogens is 2. The normalized spacial score (nSPS) is 10.7. The molecule has 2 heterocycles. The molecule has 0 saturated heterocycles. The first-order chi connectivity index (χ1) is 15.4. The first-order valence-corrected chi connectivity index (χ1v) is 11.2. The Labute approximate surface area is 189 Å². The highest BCUT2D eigenvalue weighted by Gasteiger charge is 2.21. The molecule has 0 aliphatic rings. The first-order valence-electron chi connectivity index (χ1n) is 10.3. The third-order valence-electron chi connectivity index (χ3n) is 4.66. The third-order valence-corrected chi connectivity index (χ3v) is 5.59. The fraction of sp³-hybridized carbons (Fsp3) is 0.500. The summed E-state index contributed by atoms with van der Waals surface area (Å²) in [6, 6.07) is 3.26. The van der Waals surface area contributed by atoms with E-state index in [1.165, 1.54) is 16.6 Å². The number of carbonyl (C=O) groups excluding carboxylic acids is 2. The van der Waals surface area contributed by atoms with E-state index in [1.807, 2.05) is 24.4 Å². The second-order valence-corrected chi connectivity index (χ2v) is 8.08. The molecule has 0 atom stereocenters. The number of hydrogen-bond acceptors (Lipinski definition) is 8. The Kier molecular flexibility index (Phi) is 9.95. The number of nitrogens with two attached hydrogens (primary N) is 1. The number of amides is 3. The zero-order chi connectivity index (χ0) is 23.5. The van der Waals surface area contributed by atoms with E-state index in [9.17, 15) is 19.2 Å². The molecule has 0 aliphatic carbocycles. The van der Waals surface area contributed by atoms with Gasteiger partial charge in [0.25, 0.3) is 5.56 Å². The van der Waals surface area contributed by atoms with Gasteiger partial charge in [-0.05, 0) is 24.3 Å². The molecule has 2 aromatic rings. The van der Waals surface area contributed by atoms with E-state index in [2.05, 4.69) is 15.6 Å². The van der Waals surface area contributed by atoms with Gasteiger partial charge in [0.2, 0.25) is 5.91 Å². The lowest BCUT2D eigenvalue weighted by Gasteiger charge is -2.25. The van der Waals surface area contributed by atoms with Gasteiger partial charge in [0.1, 0.15) is 11.5 Å². The summed E-state index contributed by atoms with van der Waals surface area (Å²) in [7, 11) is 1.48. The van der Waals surface area contributed by atoms with Crippen LogP contribution in [-0.2, 0) is 22.5 Å². The second-order valence-electron chi connectivity index (χ2n) is 7.05. The number of carbonyl (C=O) groups is 2. The van der Waals surface area contributed by atoms with Crippen LogP contribution in [-0.4, -0.2) is 54.8 Å². The number of nitrogen functional groups attached to an aromatic ring is 1. The van der Waals surface area contributed by atoms with Gasteiger partial charge in [0.05, 0.1) is 13.2 Å². The summed E-state index contributed by atoms with van der Waals surface area (Å²) in [5.41, 5.74) is 4.82. The molecule has 176 valence electrons. The van der Waals surface area contributed by atoms with Crippen molar-refractivity contribution in [1.29, 1.82) is 0 Å². The maximum absolute atomic E-state index is 12.5. The first kappa shape index (κ1) is 25.1. The fourth-order valence-corrected chi connectivity index (χ4v) is 3.74. The highest BCUT2D eigenvalue weighted by molar-refractivity contribution is 7.09. The molecule has 11 nitrogen and oxygen atoms in total. The number of thiophene rings is 1. The van der Waals surface area contributed by atoms with Crippen molar-refractivity contribution in [3.63, 3.8) is 0 Å². The molecule has 0 radical (unpaired) electrons. The van der Waals surface area contributed by atoms with E-state index >= 15 is 0 Å². The second kappa shape index (κ2) is 12.7. The van der Waals surface area contributed by atoms with Gasteiger partial charge in [-0.1, -0.05) is 19.4 Å². The number of anilines is 2. The van der Waals surface area contributed by atoms with Crippen molar-refractivity contribution in [2.45, 2.75) is 32.7 Å². The van der Waals surface area contributed by atoms with Crippen LogP contribution in [0.1, 0.15) is 24.6 Å². The summed E-state index contributed by atoms with van der Waals surface area (Å²) in [6.07, 6.45) is 2.18. The van der Waals surface area contributed by atoms with Crippen molar-refractivity contribution in [2.75, 3.05) is 44.0 Å². The van der Waals surface area contributed by atoms with Crippen molar-refractivity contribution >= 4 is 34.8 Å². The molecule has 3 amide bonds.